The highest BCUT2D eigenvalue weighted by Gasteiger charge is 2.24. The highest BCUT2D eigenvalue weighted by atomic mass is 79.9. The number of carboxylic acids is 1. The highest BCUT2D eigenvalue weighted by Crippen LogP contribution is 2.34. The van der Waals surface area contributed by atoms with Crippen molar-refractivity contribution in [1.82, 2.24) is 9.55 Å². The molecule has 0 bridgehead atoms. The molecule has 1 fully saturated rings. The Balaban J connectivity index is 2.00. The predicted octanol–water partition coefficient (Wildman–Crippen LogP) is 3.39. The van der Waals surface area contributed by atoms with Crippen LogP contribution in [0.3, 0.4) is 0 Å². The fraction of sp³-hybridized carbons (Fsp3) is 0.385. The first kappa shape index (κ1) is 13.0. The van der Waals surface area contributed by atoms with E-state index in [9.17, 15) is 4.79 Å². The van der Waals surface area contributed by atoms with Gasteiger partial charge < -0.3 is 9.67 Å². The predicted molar refractivity (Wildman–Crippen MR) is 78.5 cm³/mol. The number of halogens is 1. The zero-order valence-electron chi connectivity index (χ0n) is 10.2. The van der Waals surface area contributed by atoms with Gasteiger partial charge in [-0.2, -0.15) is 0 Å². The Labute approximate surface area is 123 Å². The standard InChI is InChI=1S/C13H13BrN2O2S/c14-9-3-4-10-11(5-9)16(6-8-1-2-8)13(15-10)19-7-12(17)18/h3-5,8H,1-2,6-7H2,(H,17,18). The summed E-state index contributed by atoms with van der Waals surface area (Å²) in [6.45, 7) is 0.939. The lowest BCUT2D eigenvalue weighted by Crippen LogP contribution is -2.04. The number of aliphatic carboxylic acids is 1. The minimum absolute atomic E-state index is 0.0508. The van der Waals surface area contributed by atoms with Crippen molar-refractivity contribution in [2.75, 3.05) is 5.75 Å². The van der Waals surface area contributed by atoms with Crippen LogP contribution in [0.4, 0.5) is 0 Å². The van der Waals surface area contributed by atoms with Gasteiger partial charge in [-0.15, -0.1) is 0 Å². The van der Waals surface area contributed by atoms with Crippen molar-refractivity contribution >= 4 is 44.7 Å². The van der Waals surface area contributed by atoms with Crippen molar-refractivity contribution in [1.29, 1.82) is 0 Å². The minimum Gasteiger partial charge on any atom is -0.481 e. The molecular formula is C13H13BrN2O2S. The van der Waals surface area contributed by atoms with Crippen molar-refractivity contribution in [3.8, 4) is 0 Å². The van der Waals surface area contributed by atoms with Gasteiger partial charge >= 0.3 is 5.97 Å². The smallest absolute Gasteiger partial charge is 0.313 e. The molecule has 1 aliphatic carbocycles. The lowest BCUT2D eigenvalue weighted by Gasteiger charge is -2.07. The molecule has 0 saturated heterocycles. The Morgan fingerprint density at radius 1 is 1.53 bits per heavy atom. The summed E-state index contributed by atoms with van der Waals surface area (Å²) in [7, 11) is 0. The molecule has 3 rings (SSSR count). The van der Waals surface area contributed by atoms with Crippen LogP contribution < -0.4 is 0 Å². The van der Waals surface area contributed by atoms with E-state index >= 15 is 0 Å². The fourth-order valence-corrected chi connectivity index (χ4v) is 3.14. The first-order valence-corrected chi connectivity index (χ1v) is 7.92. The van der Waals surface area contributed by atoms with E-state index in [0.717, 1.165) is 33.1 Å². The molecule has 6 heteroatoms. The lowest BCUT2D eigenvalue weighted by molar-refractivity contribution is -0.133. The number of carbonyl (C=O) groups is 1. The van der Waals surface area contributed by atoms with Crippen molar-refractivity contribution in [2.24, 2.45) is 5.92 Å². The summed E-state index contributed by atoms with van der Waals surface area (Å²) in [5.41, 5.74) is 2.01. The molecule has 19 heavy (non-hydrogen) atoms. The SMILES string of the molecule is O=C(O)CSc1nc2ccc(Br)cc2n1CC1CC1. The number of nitrogens with zero attached hydrogens (tertiary/aromatic N) is 2. The van der Waals surface area contributed by atoms with Gasteiger partial charge in [0.05, 0.1) is 16.8 Å². The summed E-state index contributed by atoms with van der Waals surface area (Å²) in [5.74, 6) is -0.0356. The normalized spacial score (nSPS) is 15.0. The van der Waals surface area contributed by atoms with Gasteiger partial charge in [0.2, 0.25) is 0 Å². The fourth-order valence-electron chi connectivity index (χ4n) is 2.05. The monoisotopic (exact) mass is 340 g/mol. The number of rotatable bonds is 5. The number of hydrogen-bond donors (Lipinski definition) is 1. The van der Waals surface area contributed by atoms with Crippen LogP contribution in [0.15, 0.2) is 27.8 Å². The van der Waals surface area contributed by atoms with Crippen molar-refractivity contribution in [3.63, 3.8) is 0 Å². The zero-order valence-corrected chi connectivity index (χ0v) is 12.6. The van der Waals surface area contributed by atoms with Gasteiger partial charge in [0.25, 0.3) is 0 Å². The number of aromatic nitrogens is 2. The van der Waals surface area contributed by atoms with Crippen LogP contribution in [0.25, 0.3) is 11.0 Å². The first-order valence-electron chi connectivity index (χ1n) is 6.14. The number of imidazole rings is 1. The molecule has 4 nitrogen and oxygen atoms in total. The third-order valence-electron chi connectivity index (χ3n) is 3.14. The van der Waals surface area contributed by atoms with Gasteiger partial charge in [0.15, 0.2) is 5.16 Å². The van der Waals surface area contributed by atoms with Gasteiger partial charge in [-0.25, -0.2) is 4.98 Å². The van der Waals surface area contributed by atoms with Crippen LogP contribution in [0.1, 0.15) is 12.8 Å². The van der Waals surface area contributed by atoms with Crippen LogP contribution in [-0.4, -0.2) is 26.4 Å². The second-order valence-corrected chi connectivity index (χ2v) is 6.62. The molecule has 0 amide bonds. The van der Waals surface area contributed by atoms with Crippen LogP contribution in [0.2, 0.25) is 0 Å². The van der Waals surface area contributed by atoms with Crippen LogP contribution in [-0.2, 0) is 11.3 Å². The molecule has 1 aliphatic rings. The maximum atomic E-state index is 10.7. The number of fused-ring (bicyclic) bond motifs is 1. The minimum atomic E-state index is -0.809. The third kappa shape index (κ3) is 2.95. The maximum Gasteiger partial charge on any atom is 0.313 e. The molecule has 1 saturated carbocycles. The van der Waals surface area contributed by atoms with E-state index in [-0.39, 0.29) is 5.75 Å². The van der Waals surface area contributed by atoms with E-state index in [0.29, 0.717) is 0 Å². The number of benzene rings is 1. The van der Waals surface area contributed by atoms with Crippen molar-refractivity contribution in [2.45, 2.75) is 24.5 Å². The van der Waals surface area contributed by atoms with E-state index < -0.39 is 5.97 Å². The maximum absolute atomic E-state index is 10.7. The van der Waals surface area contributed by atoms with E-state index in [2.05, 4.69) is 31.5 Å². The molecule has 0 aliphatic heterocycles. The molecule has 100 valence electrons. The van der Waals surface area contributed by atoms with E-state index in [4.69, 9.17) is 5.11 Å². The Kier molecular flexibility index (Phi) is 3.54. The van der Waals surface area contributed by atoms with E-state index in [1.54, 1.807) is 0 Å². The molecule has 1 heterocycles. The van der Waals surface area contributed by atoms with Crippen molar-refractivity contribution < 1.29 is 9.90 Å². The number of carboxylic acid groups (broad SMARTS) is 1. The quantitative estimate of drug-likeness (QED) is 0.847. The summed E-state index contributed by atoms with van der Waals surface area (Å²) in [5, 5.41) is 9.62. The van der Waals surface area contributed by atoms with Crippen LogP contribution in [0, 0.1) is 5.92 Å². The lowest BCUT2D eigenvalue weighted by atomic mass is 10.3. The van der Waals surface area contributed by atoms with Gasteiger partial charge in [0, 0.05) is 11.0 Å². The Morgan fingerprint density at radius 2 is 2.32 bits per heavy atom. The topological polar surface area (TPSA) is 55.1 Å². The molecule has 0 radical (unpaired) electrons. The second-order valence-electron chi connectivity index (χ2n) is 4.76. The molecular weight excluding hydrogens is 328 g/mol. The van der Waals surface area contributed by atoms with Gasteiger partial charge in [-0.1, -0.05) is 27.7 Å². The van der Waals surface area contributed by atoms with Crippen molar-refractivity contribution in [3.05, 3.63) is 22.7 Å². The molecule has 0 unspecified atom stereocenters. The summed E-state index contributed by atoms with van der Waals surface area (Å²) in [4.78, 5) is 15.3. The van der Waals surface area contributed by atoms with Gasteiger partial charge in [-0.3, -0.25) is 4.79 Å². The van der Waals surface area contributed by atoms with E-state index in [1.807, 2.05) is 12.1 Å². The van der Waals surface area contributed by atoms with Crippen LogP contribution in [0.5, 0.6) is 0 Å². The molecule has 1 N–H and O–H groups in total. The Bertz CT molecular complexity index is 637. The average molecular weight is 341 g/mol. The van der Waals surface area contributed by atoms with E-state index in [1.165, 1.54) is 24.6 Å². The first-order chi connectivity index (χ1) is 9.13. The summed E-state index contributed by atoms with van der Waals surface area (Å²) in [6, 6.07) is 5.98. The molecule has 0 spiro atoms. The van der Waals surface area contributed by atoms with Gasteiger partial charge in [-0.05, 0) is 37.0 Å². The average Bonchev–Trinajstić information content (AvgIpc) is 3.11. The highest BCUT2D eigenvalue weighted by molar-refractivity contribution is 9.10. The number of thioether (sulfide) groups is 1. The summed E-state index contributed by atoms with van der Waals surface area (Å²) >= 11 is 4.77. The number of hydrogen-bond acceptors (Lipinski definition) is 3. The Morgan fingerprint density at radius 3 is 3.00 bits per heavy atom. The van der Waals surface area contributed by atoms with Gasteiger partial charge in [0.1, 0.15) is 0 Å². The second kappa shape index (κ2) is 5.17. The molecule has 0 atom stereocenters. The Hall–Kier alpha value is -1.01. The summed E-state index contributed by atoms with van der Waals surface area (Å²) < 4.78 is 3.18. The largest absolute Gasteiger partial charge is 0.481 e. The molecule has 1 aromatic heterocycles. The third-order valence-corrected chi connectivity index (χ3v) is 4.59. The molecule has 1 aromatic carbocycles. The molecule has 2 aromatic rings. The zero-order chi connectivity index (χ0) is 13.4. The van der Waals surface area contributed by atoms with Crippen LogP contribution >= 0.6 is 27.7 Å². The summed E-state index contributed by atoms with van der Waals surface area (Å²) in [6.07, 6.45) is 2.52.